The van der Waals surface area contributed by atoms with Crippen molar-refractivity contribution in [3.05, 3.63) is 66.4 Å². The summed E-state index contributed by atoms with van der Waals surface area (Å²) in [5, 5.41) is 8.26. The minimum absolute atomic E-state index is 1.11. The van der Waals surface area contributed by atoms with Crippen LogP contribution in [-0.4, -0.2) is 10.8 Å². The minimum atomic E-state index is 1.11. The fraction of sp³-hybridized carbons (Fsp3) is 0.0556. The van der Waals surface area contributed by atoms with Gasteiger partial charge in [0.2, 0.25) is 0 Å². The fourth-order valence-corrected chi connectivity index (χ4v) is 2.41. The first-order valence-electron chi connectivity index (χ1n) is 6.60. The molecule has 0 spiro atoms. The summed E-state index contributed by atoms with van der Waals surface area (Å²) in [5.74, 6) is 0. The average Bonchev–Trinajstić information content (AvgIpc) is 2.86. The minimum Gasteiger partial charge on any atom is -0.351 e. The highest BCUT2D eigenvalue weighted by Gasteiger charge is 2.01. The summed E-state index contributed by atoms with van der Waals surface area (Å²) in [6.07, 6.45) is 7.03. The Kier molecular flexibility index (Phi) is 3.21. The number of hydrogen-bond donors (Lipinski definition) is 1. The summed E-state index contributed by atoms with van der Waals surface area (Å²) in [4.78, 5) is 0. The molecule has 3 aromatic rings. The number of aromatic nitrogens is 1. The molecule has 1 aromatic heterocycles. The third-order valence-electron chi connectivity index (χ3n) is 3.51. The van der Waals surface area contributed by atoms with Crippen LogP contribution in [0, 0.1) is 5.41 Å². The van der Waals surface area contributed by atoms with E-state index in [9.17, 15) is 0 Å². The van der Waals surface area contributed by atoms with Gasteiger partial charge in [-0.05, 0) is 41.0 Å². The molecule has 0 aliphatic heterocycles. The summed E-state index contributed by atoms with van der Waals surface area (Å²) < 4.78 is 2.13. The van der Waals surface area contributed by atoms with Crippen molar-refractivity contribution >= 4 is 23.2 Å². The first kappa shape index (κ1) is 12.4. The van der Waals surface area contributed by atoms with E-state index in [2.05, 4.69) is 66.3 Å². The van der Waals surface area contributed by atoms with Gasteiger partial charge in [0.15, 0.2) is 0 Å². The maximum absolute atomic E-state index is 6.99. The number of fused-ring (bicyclic) bond motifs is 1. The Balaban J connectivity index is 1.97. The lowest BCUT2D eigenvalue weighted by atomic mass is 10.0. The van der Waals surface area contributed by atoms with E-state index in [0.717, 1.165) is 5.56 Å². The Morgan fingerprint density at radius 1 is 0.950 bits per heavy atom. The molecule has 20 heavy (non-hydrogen) atoms. The molecule has 0 saturated carbocycles. The molecule has 0 saturated heterocycles. The zero-order valence-electron chi connectivity index (χ0n) is 11.4. The molecule has 3 rings (SSSR count). The molecule has 2 aromatic carbocycles. The molecule has 0 aliphatic rings. The van der Waals surface area contributed by atoms with Crippen LogP contribution in [0.5, 0.6) is 0 Å². The second kappa shape index (κ2) is 5.17. The summed E-state index contributed by atoms with van der Waals surface area (Å²) in [7, 11) is 2.06. The molecule has 2 nitrogen and oxygen atoms in total. The van der Waals surface area contributed by atoms with E-state index in [0.29, 0.717) is 0 Å². The summed E-state index contributed by atoms with van der Waals surface area (Å²) in [6.45, 7) is 0. The van der Waals surface area contributed by atoms with Crippen LogP contribution < -0.4 is 0 Å². The predicted octanol–water partition coefficient (Wildman–Crippen LogP) is 4.51. The molecule has 0 aliphatic carbocycles. The van der Waals surface area contributed by atoms with Crippen molar-refractivity contribution in [1.29, 1.82) is 5.41 Å². The summed E-state index contributed by atoms with van der Waals surface area (Å²) in [6, 6.07) is 17.1. The lowest BCUT2D eigenvalue weighted by Crippen LogP contribution is -1.84. The quantitative estimate of drug-likeness (QED) is 0.671. The van der Waals surface area contributed by atoms with Gasteiger partial charge in [-0.3, -0.25) is 0 Å². The highest BCUT2D eigenvalue weighted by atomic mass is 14.9. The zero-order chi connectivity index (χ0) is 13.9. The van der Waals surface area contributed by atoms with Gasteiger partial charge in [0, 0.05) is 30.4 Å². The maximum atomic E-state index is 6.99. The van der Waals surface area contributed by atoms with Crippen LogP contribution in [-0.2, 0) is 7.05 Å². The van der Waals surface area contributed by atoms with Crippen molar-refractivity contribution in [2.45, 2.75) is 0 Å². The van der Waals surface area contributed by atoms with Gasteiger partial charge in [-0.1, -0.05) is 36.4 Å². The molecule has 0 atom stereocenters. The van der Waals surface area contributed by atoms with Crippen LogP contribution in [0.4, 0.5) is 0 Å². The molecule has 1 heterocycles. The fourth-order valence-electron chi connectivity index (χ4n) is 2.41. The van der Waals surface area contributed by atoms with Crippen LogP contribution in [0.25, 0.3) is 28.1 Å². The molecule has 0 bridgehead atoms. The Hall–Kier alpha value is -2.61. The van der Waals surface area contributed by atoms with Crippen LogP contribution in [0.1, 0.15) is 5.56 Å². The van der Waals surface area contributed by atoms with Gasteiger partial charge in [0.05, 0.1) is 0 Å². The van der Waals surface area contributed by atoms with Crippen molar-refractivity contribution in [3.8, 4) is 11.1 Å². The lowest BCUT2D eigenvalue weighted by Gasteiger charge is -2.04. The number of allylic oxidation sites excluding steroid dienone is 1. The number of aryl methyl sites for hydroxylation is 1. The Labute approximate surface area is 118 Å². The molecule has 0 unspecified atom stereocenters. The van der Waals surface area contributed by atoms with Crippen molar-refractivity contribution in [2.24, 2.45) is 7.05 Å². The van der Waals surface area contributed by atoms with E-state index in [1.165, 1.54) is 28.2 Å². The molecule has 2 heteroatoms. The number of rotatable bonds is 3. The van der Waals surface area contributed by atoms with Gasteiger partial charge in [0.25, 0.3) is 0 Å². The second-order valence-electron chi connectivity index (χ2n) is 4.85. The van der Waals surface area contributed by atoms with E-state index < -0.39 is 0 Å². The van der Waals surface area contributed by atoms with Gasteiger partial charge in [-0.2, -0.15) is 0 Å². The predicted molar refractivity (Wildman–Crippen MR) is 86.2 cm³/mol. The number of benzene rings is 2. The van der Waals surface area contributed by atoms with E-state index in [-0.39, 0.29) is 0 Å². The van der Waals surface area contributed by atoms with Gasteiger partial charge in [-0.25, -0.2) is 0 Å². The van der Waals surface area contributed by atoms with Crippen LogP contribution in [0.15, 0.2) is 60.8 Å². The zero-order valence-corrected chi connectivity index (χ0v) is 11.4. The molecule has 0 fully saturated rings. The smallest absolute Gasteiger partial charge is 0.0478 e. The van der Waals surface area contributed by atoms with E-state index in [4.69, 9.17) is 5.41 Å². The number of hydrogen-bond acceptors (Lipinski definition) is 1. The number of nitrogens with one attached hydrogen (secondary N) is 1. The Morgan fingerprint density at radius 3 is 2.45 bits per heavy atom. The molecular formula is C18H16N2. The van der Waals surface area contributed by atoms with E-state index >= 15 is 0 Å². The first-order chi connectivity index (χ1) is 9.78. The molecule has 0 radical (unpaired) electrons. The highest BCUT2D eigenvalue weighted by Crippen LogP contribution is 2.25. The van der Waals surface area contributed by atoms with Gasteiger partial charge < -0.3 is 9.98 Å². The van der Waals surface area contributed by atoms with Gasteiger partial charge in [-0.15, -0.1) is 0 Å². The van der Waals surface area contributed by atoms with Gasteiger partial charge in [0.1, 0.15) is 0 Å². The van der Waals surface area contributed by atoms with Crippen molar-refractivity contribution in [2.75, 3.05) is 0 Å². The van der Waals surface area contributed by atoms with Crippen molar-refractivity contribution in [3.63, 3.8) is 0 Å². The van der Waals surface area contributed by atoms with Crippen molar-refractivity contribution < 1.29 is 0 Å². The Morgan fingerprint density at radius 2 is 1.70 bits per heavy atom. The topological polar surface area (TPSA) is 28.8 Å². The SMILES string of the molecule is Cn1ccc2cc(-c3ccc(/C=C/C=N)cc3)ccc21. The maximum Gasteiger partial charge on any atom is 0.0478 e. The van der Waals surface area contributed by atoms with Crippen LogP contribution in [0.2, 0.25) is 0 Å². The summed E-state index contributed by atoms with van der Waals surface area (Å²) >= 11 is 0. The average molecular weight is 260 g/mol. The number of nitrogens with zero attached hydrogens (tertiary/aromatic N) is 1. The highest BCUT2D eigenvalue weighted by molar-refractivity contribution is 5.85. The third kappa shape index (κ3) is 2.28. The standard InChI is InChI=1S/C18H16N2/c1-20-12-10-17-13-16(8-9-18(17)20)15-6-4-14(5-7-15)3-2-11-19/h2-13,19H,1H3/b3-2+,19-11?. The molecule has 98 valence electrons. The normalized spacial score (nSPS) is 11.2. The van der Waals surface area contributed by atoms with E-state index in [1.54, 1.807) is 6.08 Å². The van der Waals surface area contributed by atoms with E-state index in [1.807, 2.05) is 6.08 Å². The largest absolute Gasteiger partial charge is 0.351 e. The summed E-state index contributed by atoms with van der Waals surface area (Å²) in [5.41, 5.74) is 4.80. The third-order valence-corrected chi connectivity index (χ3v) is 3.51. The van der Waals surface area contributed by atoms with Crippen LogP contribution >= 0.6 is 0 Å². The lowest BCUT2D eigenvalue weighted by molar-refractivity contribution is 0.969. The van der Waals surface area contributed by atoms with Gasteiger partial charge >= 0.3 is 0 Å². The second-order valence-corrected chi connectivity index (χ2v) is 4.85. The molecular weight excluding hydrogens is 244 g/mol. The van der Waals surface area contributed by atoms with Crippen LogP contribution in [0.3, 0.4) is 0 Å². The Bertz CT molecular complexity index is 777. The molecule has 0 amide bonds. The monoisotopic (exact) mass is 260 g/mol. The van der Waals surface area contributed by atoms with Crippen molar-refractivity contribution in [1.82, 2.24) is 4.57 Å². The molecule has 1 N–H and O–H groups in total. The first-order valence-corrected chi connectivity index (χ1v) is 6.60.